The second-order valence-corrected chi connectivity index (χ2v) is 5.26. The largest absolute Gasteiger partial charge is 0.422 e. The molecule has 136 valence electrons. The topological polar surface area (TPSA) is 90.9 Å². The Morgan fingerprint density at radius 1 is 1.24 bits per heavy atom. The highest BCUT2D eigenvalue weighted by Gasteiger charge is 2.38. The number of hydrogen-bond acceptors (Lipinski definition) is 4. The van der Waals surface area contributed by atoms with Crippen LogP contribution in [0.15, 0.2) is 12.1 Å². The van der Waals surface area contributed by atoms with Gasteiger partial charge in [-0.3, -0.25) is 9.89 Å². The molecule has 0 radical (unpaired) electrons. The minimum atomic E-state index is -5.21. The number of alkyl halides is 3. The molecule has 0 bridgehead atoms. The van der Waals surface area contributed by atoms with Crippen LogP contribution < -0.4 is 5.32 Å². The molecule has 2 atom stereocenters. The van der Waals surface area contributed by atoms with Gasteiger partial charge in [-0.1, -0.05) is 0 Å². The summed E-state index contributed by atoms with van der Waals surface area (Å²) in [6.45, 7) is 2.88. The highest BCUT2D eigenvalue weighted by molar-refractivity contribution is 5.94. The average molecular weight is 364 g/mol. The molecule has 0 aliphatic carbocycles. The van der Waals surface area contributed by atoms with Crippen LogP contribution >= 0.6 is 0 Å². The van der Waals surface area contributed by atoms with Gasteiger partial charge in [-0.05, 0) is 26.0 Å². The second-order valence-electron chi connectivity index (χ2n) is 5.26. The third-order valence-corrected chi connectivity index (χ3v) is 3.24. The van der Waals surface area contributed by atoms with Gasteiger partial charge < -0.3 is 10.4 Å². The van der Waals surface area contributed by atoms with Gasteiger partial charge in [-0.2, -0.15) is 18.3 Å². The van der Waals surface area contributed by atoms with Crippen LogP contribution in [0.1, 0.15) is 53.6 Å². The lowest BCUT2D eigenvalue weighted by Crippen LogP contribution is -2.28. The Hall–Kier alpha value is -2.56. The molecule has 1 amide bonds. The quantitative estimate of drug-likeness (QED) is 0.728. The average Bonchev–Trinajstić information content (AvgIpc) is 2.94. The van der Waals surface area contributed by atoms with E-state index < -0.39 is 47.0 Å². The van der Waals surface area contributed by atoms with Crippen molar-refractivity contribution in [3.05, 3.63) is 46.5 Å². The van der Waals surface area contributed by atoms with Crippen molar-refractivity contribution in [3.8, 4) is 0 Å². The van der Waals surface area contributed by atoms with Gasteiger partial charge in [-0.25, -0.2) is 13.8 Å². The van der Waals surface area contributed by atoms with Crippen LogP contribution in [0.25, 0.3) is 0 Å². The summed E-state index contributed by atoms with van der Waals surface area (Å²) in [4.78, 5) is 15.9. The van der Waals surface area contributed by atoms with Crippen molar-refractivity contribution < 1.29 is 31.9 Å². The Bertz CT molecular complexity index is 765. The van der Waals surface area contributed by atoms with E-state index in [1.165, 1.54) is 13.8 Å². The number of benzene rings is 1. The second kappa shape index (κ2) is 6.75. The molecule has 0 aliphatic heterocycles. The molecule has 0 saturated carbocycles. The molecule has 25 heavy (non-hydrogen) atoms. The zero-order valence-corrected chi connectivity index (χ0v) is 12.9. The molecule has 2 aromatic rings. The summed E-state index contributed by atoms with van der Waals surface area (Å²) in [5, 5.41) is 17.8. The summed E-state index contributed by atoms with van der Waals surface area (Å²) in [6.07, 6.45) is -6.17. The molecule has 0 aliphatic rings. The fourth-order valence-corrected chi connectivity index (χ4v) is 1.99. The van der Waals surface area contributed by atoms with Crippen LogP contribution in [-0.2, 0) is 6.18 Å². The number of halogens is 5. The Morgan fingerprint density at radius 3 is 2.24 bits per heavy atom. The van der Waals surface area contributed by atoms with Gasteiger partial charge in [0.1, 0.15) is 29.1 Å². The highest BCUT2D eigenvalue weighted by atomic mass is 19.4. The number of amides is 1. The molecule has 11 heteroatoms. The third kappa shape index (κ3) is 4.10. The van der Waals surface area contributed by atoms with E-state index in [-0.39, 0.29) is 11.6 Å². The molecule has 2 rings (SSSR count). The summed E-state index contributed by atoms with van der Waals surface area (Å²) in [6, 6.07) is -0.202. The van der Waals surface area contributed by atoms with Crippen LogP contribution in [-0.4, -0.2) is 26.2 Å². The lowest BCUT2D eigenvalue weighted by Gasteiger charge is -2.13. The normalized spacial score (nSPS) is 14.2. The maximum Gasteiger partial charge on any atom is 0.422 e. The van der Waals surface area contributed by atoms with Gasteiger partial charge in [0.2, 0.25) is 0 Å². The van der Waals surface area contributed by atoms with Crippen LogP contribution in [0, 0.1) is 11.6 Å². The van der Waals surface area contributed by atoms with Crippen molar-refractivity contribution in [1.82, 2.24) is 20.5 Å². The summed E-state index contributed by atoms with van der Waals surface area (Å²) in [5.74, 6) is -4.56. The van der Waals surface area contributed by atoms with Gasteiger partial charge in [0.25, 0.3) is 5.91 Å². The van der Waals surface area contributed by atoms with Crippen molar-refractivity contribution in [2.75, 3.05) is 0 Å². The highest BCUT2D eigenvalue weighted by Crippen LogP contribution is 2.34. The predicted molar refractivity (Wildman–Crippen MR) is 74.3 cm³/mol. The van der Waals surface area contributed by atoms with Crippen LogP contribution in [0.5, 0.6) is 0 Å². The number of aromatic nitrogens is 3. The SMILES string of the molecule is CC(O)c1n[nH]c(C(C)NC(=O)c2cc(F)c(C(F)(F)F)c(F)c2)n1. The molecule has 1 aromatic carbocycles. The van der Waals surface area contributed by atoms with Crippen molar-refractivity contribution in [1.29, 1.82) is 0 Å². The van der Waals surface area contributed by atoms with E-state index >= 15 is 0 Å². The zero-order valence-electron chi connectivity index (χ0n) is 12.9. The van der Waals surface area contributed by atoms with Crippen molar-refractivity contribution >= 4 is 5.91 Å². The minimum absolute atomic E-state index is 0.0720. The Kier molecular flexibility index (Phi) is 5.07. The zero-order chi connectivity index (χ0) is 18.9. The summed E-state index contributed by atoms with van der Waals surface area (Å²) >= 11 is 0. The summed E-state index contributed by atoms with van der Waals surface area (Å²) in [7, 11) is 0. The molecular weight excluding hydrogens is 351 g/mol. The van der Waals surface area contributed by atoms with Crippen molar-refractivity contribution in [2.24, 2.45) is 0 Å². The number of aromatic amines is 1. The number of H-pyrrole nitrogens is 1. The van der Waals surface area contributed by atoms with Crippen LogP contribution in [0.3, 0.4) is 0 Å². The van der Waals surface area contributed by atoms with E-state index in [0.29, 0.717) is 12.1 Å². The molecule has 1 aromatic heterocycles. The van der Waals surface area contributed by atoms with E-state index in [2.05, 4.69) is 20.5 Å². The molecule has 2 unspecified atom stereocenters. The van der Waals surface area contributed by atoms with E-state index in [1.54, 1.807) is 0 Å². The number of aliphatic hydroxyl groups is 1. The first kappa shape index (κ1) is 18.8. The fourth-order valence-electron chi connectivity index (χ4n) is 1.99. The maximum atomic E-state index is 13.5. The maximum absolute atomic E-state index is 13.5. The van der Waals surface area contributed by atoms with Crippen LogP contribution in [0.2, 0.25) is 0 Å². The number of hydrogen-bond donors (Lipinski definition) is 3. The smallest absolute Gasteiger partial charge is 0.385 e. The van der Waals surface area contributed by atoms with Crippen molar-refractivity contribution in [3.63, 3.8) is 0 Å². The number of rotatable bonds is 4. The van der Waals surface area contributed by atoms with Gasteiger partial charge >= 0.3 is 6.18 Å². The van der Waals surface area contributed by atoms with E-state index in [1.807, 2.05) is 0 Å². The third-order valence-electron chi connectivity index (χ3n) is 3.24. The molecule has 3 N–H and O–H groups in total. The van der Waals surface area contributed by atoms with E-state index in [9.17, 15) is 31.9 Å². The predicted octanol–water partition coefficient (Wildman–Crippen LogP) is 2.65. The standard InChI is InChI=1S/C14H13F5N4O2/c1-5(11-21-12(6(2)24)23-22-11)20-13(25)7-3-8(15)10(9(16)4-7)14(17,18)19/h3-6,24H,1-2H3,(H,20,25)(H,21,22,23). The molecule has 0 saturated heterocycles. The molecule has 0 fully saturated rings. The Morgan fingerprint density at radius 2 is 1.80 bits per heavy atom. The lowest BCUT2D eigenvalue weighted by molar-refractivity contribution is -0.142. The number of carbonyl (C=O) groups is 1. The number of nitrogens with one attached hydrogen (secondary N) is 2. The number of carbonyl (C=O) groups excluding carboxylic acids is 1. The van der Waals surface area contributed by atoms with Gasteiger partial charge in [0.05, 0.1) is 6.04 Å². The van der Waals surface area contributed by atoms with E-state index in [0.717, 1.165) is 0 Å². The Labute approximate surface area is 138 Å². The van der Waals surface area contributed by atoms with Gasteiger partial charge in [-0.15, -0.1) is 0 Å². The monoisotopic (exact) mass is 364 g/mol. The summed E-state index contributed by atoms with van der Waals surface area (Å²) < 4.78 is 64.6. The fraction of sp³-hybridized carbons (Fsp3) is 0.357. The first-order valence-corrected chi connectivity index (χ1v) is 6.98. The molecular formula is C14H13F5N4O2. The molecule has 6 nitrogen and oxygen atoms in total. The van der Waals surface area contributed by atoms with Crippen LogP contribution in [0.4, 0.5) is 22.0 Å². The number of aliphatic hydroxyl groups excluding tert-OH is 1. The first-order chi connectivity index (χ1) is 11.5. The Balaban J connectivity index is 2.20. The minimum Gasteiger partial charge on any atom is -0.385 e. The van der Waals surface area contributed by atoms with Gasteiger partial charge in [0.15, 0.2) is 5.82 Å². The molecule has 0 spiro atoms. The number of nitrogens with zero attached hydrogens (tertiary/aromatic N) is 2. The first-order valence-electron chi connectivity index (χ1n) is 6.98. The molecule has 1 heterocycles. The lowest BCUT2D eigenvalue weighted by atomic mass is 10.1. The van der Waals surface area contributed by atoms with Crippen molar-refractivity contribution in [2.45, 2.75) is 32.2 Å². The van der Waals surface area contributed by atoms with E-state index in [4.69, 9.17) is 0 Å². The summed E-state index contributed by atoms with van der Waals surface area (Å²) in [5.41, 5.74) is -2.68. The van der Waals surface area contributed by atoms with Gasteiger partial charge in [0, 0.05) is 5.56 Å².